The van der Waals surface area contributed by atoms with Gasteiger partial charge in [-0.15, -0.1) is 0 Å². The van der Waals surface area contributed by atoms with Crippen LogP contribution in [0.5, 0.6) is 0 Å². The number of carbonyl (C=O) groups is 3. The Labute approximate surface area is 143 Å². The molecule has 2 unspecified atom stereocenters. The fraction of sp³-hybridized carbons (Fsp3) is 0.533. The van der Waals surface area contributed by atoms with Crippen LogP contribution in [-0.4, -0.2) is 58.6 Å². The molecule has 0 aliphatic carbocycles. The highest BCUT2D eigenvalue weighted by atomic mass is 32.2. The smallest absolute Gasteiger partial charge is 0.325 e. The zero-order chi connectivity index (χ0) is 17.5. The van der Waals surface area contributed by atoms with Gasteiger partial charge in [0, 0.05) is 0 Å². The van der Waals surface area contributed by atoms with E-state index in [0.29, 0.717) is 12.2 Å². The second-order valence-electron chi connectivity index (χ2n) is 5.44. The van der Waals surface area contributed by atoms with Gasteiger partial charge < -0.3 is 20.2 Å². The van der Waals surface area contributed by atoms with Crippen molar-refractivity contribution >= 4 is 29.6 Å². The standard InChI is InChI=1S/C15H21N3O5S/c1-24-6-4-10(9-19)16-13(20)7-12-14(21)18(15(22)17-12)8-11-3-2-5-23-11/h2-3,5,10,12,19H,4,6-9H2,1H3,(H,16,20)(H,17,22). The molecule has 24 heavy (non-hydrogen) atoms. The minimum atomic E-state index is -0.896. The molecule has 132 valence electrons. The molecule has 1 fully saturated rings. The molecule has 0 aromatic carbocycles. The van der Waals surface area contributed by atoms with E-state index in [0.717, 1.165) is 10.7 Å². The summed E-state index contributed by atoms with van der Waals surface area (Å²) in [5.41, 5.74) is 0. The van der Waals surface area contributed by atoms with Crippen LogP contribution in [-0.2, 0) is 16.1 Å². The summed E-state index contributed by atoms with van der Waals surface area (Å²) in [6, 6.07) is 1.54. The molecule has 0 saturated carbocycles. The molecule has 1 aromatic heterocycles. The molecule has 2 rings (SSSR count). The maximum absolute atomic E-state index is 12.3. The van der Waals surface area contributed by atoms with Crippen molar-refractivity contribution in [1.29, 1.82) is 0 Å². The average Bonchev–Trinajstić information content (AvgIpc) is 3.16. The van der Waals surface area contributed by atoms with Crippen LogP contribution >= 0.6 is 11.8 Å². The number of aliphatic hydroxyl groups is 1. The van der Waals surface area contributed by atoms with Crippen LogP contribution in [0.3, 0.4) is 0 Å². The van der Waals surface area contributed by atoms with Crippen LogP contribution in [0, 0.1) is 0 Å². The predicted molar refractivity (Wildman–Crippen MR) is 88.2 cm³/mol. The number of thioether (sulfide) groups is 1. The normalized spacial score (nSPS) is 18.6. The lowest BCUT2D eigenvalue weighted by Crippen LogP contribution is -2.42. The van der Waals surface area contributed by atoms with Crippen LogP contribution in [0.2, 0.25) is 0 Å². The van der Waals surface area contributed by atoms with Gasteiger partial charge in [0.1, 0.15) is 11.8 Å². The number of urea groups is 1. The minimum absolute atomic E-state index is 0.0305. The maximum atomic E-state index is 12.3. The zero-order valence-electron chi connectivity index (χ0n) is 13.4. The van der Waals surface area contributed by atoms with Crippen LogP contribution in [0.15, 0.2) is 22.8 Å². The van der Waals surface area contributed by atoms with E-state index in [-0.39, 0.29) is 31.5 Å². The van der Waals surface area contributed by atoms with Crippen molar-refractivity contribution in [3.63, 3.8) is 0 Å². The van der Waals surface area contributed by atoms with E-state index >= 15 is 0 Å². The molecule has 4 amide bonds. The van der Waals surface area contributed by atoms with Crippen molar-refractivity contribution in [2.24, 2.45) is 0 Å². The zero-order valence-corrected chi connectivity index (χ0v) is 14.2. The first kappa shape index (κ1) is 18.3. The summed E-state index contributed by atoms with van der Waals surface area (Å²) in [7, 11) is 0. The van der Waals surface area contributed by atoms with Crippen molar-refractivity contribution in [2.45, 2.75) is 31.5 Å². The Morgan fingerprint density at radius 3 is 2.96 bits per heavy atom. The van der Waals surface area contributed by atoms with Gasteiger partial charge in [0.2, 0.25) is 5.91 Å². The van der Waals surface area contributed by atoms with Crippen molar-refractivity contribution < 1.29 is 23.9 Å². The molecule has 9 heteroatoms. The molecule has 2 atom stereocenters. The summed E-state index contributed by atoms with van der Waals surface area (Å²) < 4.78 is 5.13. The lowest BCUT2D eigenvalue weighted by molar-refractivity contribution is -0.131. The molecular formula is C15H21N3O5S. The second kappa shape index (κ2) is 8.74. The minimum Gasteiger partial charge on any atom is -0.467 e. The number of rotatable bonds is 9. The summed E-state index contributed by atoms with van der Waals surface area (Å²) in [4.78, 5) is 37.2. The second-order valence-corrected chi connectivity index (χ2v) is 6.42. The highest BCUT2D eigenvalue weighted by Gasteiger charge is 2.39. The van der Waals surface area contributed by atoms with E-state index < -0.39 is 18.0 Å². The Bertz CT molecular complexity index is 578. The van der Waals surface area contributed by atoms with Gasteiger partial charge in [-0.1, -0.05) is 0 Å². The monoisotopic (exact) mass is 355 g/mol. The van der Waals surface area contributed by atoms with Gasteiger partial charge in [-0.2, -0.15) is 11.8 Å². The molecule has 2 heterocycles. The quantitative estimate of drug-likeness (QED) is 0.550. The summed E-state index contributed by atoms with van der Waals surface area (Å²) in [5.74, 6) is 0.451. The third kappa shape index (κ3) is 4.75. The first-order chi connectivity index (χ1) is 11.5. The van der Waals surface area contributed by atoms with Gasteiger partial charge in [0.05, 0.1) is 31.9 Å². The SMILES string of the molecule is CSCCC(CO)NC(=O)CC1NC(=O)N(Cc2ccco2)C1=O. The fourth-order valence-electron chi connectivity index (χ4n) is 2.36. The largest absolute Gasteiger partial charge is 0.467 e. The van der Waals surface area contributed by atoms with Gasteiger partial charge in [0.25, 0.3) is 5.91 Å². The molecule has 3 N–H and O–H groups in total. The van der Waals surface area contributed by atoms with E-state index in [1.807, 2.05) is 6.26 Å². The number of imide groups is 1. The molecule has 0 bridgehead atoms. The van der Waals surface area contributed by atoms with E-state index in [2.05, 4.69) is 10.6 Å². The van der Waals surface area contributed by atoms with Crippen LogP contribution in [0.1, 0.15) is 18.6 Å². The van der Waals surface area contributed by atoms with Gasteiger partial charge in [0.15, 0.2) is 0 Å². The van der Waals surface area contributed by atoms with Gasteiger partial charge in [-0.05, 0) is 30.6 Å². The van der Waals surface area contributed by atoms with Crippen molar-refractivity contribution in [1.82, 2.24) is 15.5 Å². The number of nitrogens with one attached hydrogen (secondary N) is 2. The number of furan rings is 1. The van der Waals surface area contributed by atoms with Crippen molar-refractivity contribution in [2.75, 3.05) is 18.6 Å². The summed E-state index contributed by atoms with van der Waals surface area (Å²) in [5, 5.41) is 14.4. The lowest BCUT2D eigenvalue weighted by atomic mass is 10.1. The number of hydrogen-bond acceptors (Lipinski definition) is 6. The third-order valence-corrected chi connectivity index (χ3v) is 4.29. The van der Waals surface area contributed by atoms with Gasteiger partial charge >= 0.3 is 6.03 Å². The number of carbonyl (C=O) groups excluding carboxylic acids is 3. The van der Waals surface area contributed by atoms with E-state index in [9.17, 15) is 19.5 Å². The predicted octanol–water partition coefficient (Wildman–Crippen LogP) is 0.320. The number of amides is 4. The Kier molecular flexibility index (Phi) is 6.68. The van der Waals surface area contributed by atoms with Crippen molar-refractivity contribution in [3.05, 3.63) is 24.2 Å². The maximum Gasteiger partial charge on any atom is 0.325 e. The van der Waals surface area contributed by atoms with Gasteiger partial charge in [-0.25, -0.2) is 4.79 Å². The molecule has 1 aliphatic heterocycles. The number of hydrogen-bond donors (Lipinski definition) is 3. The first-order valence-electron chi connectivity index (χ1n) is 7.58. The van der Waals surface area contributed by atoms with Crippen LogP contribution < -0.4 is 10.6 Å². The topological polar surface area (TPSA) is 112 Å². The Balaban J connectivity index is 1.87. The van der Waals surface area contributed by atoms with Gasteiger partial charge in [-0.3, -0.25) is 14.5 Å². The Hall–Kier alpha value is -2.00. The van der Waals surface area contributed by atoms with E-state index in [1.54, 1.807) is 23.9 Å². The third-order valence-electron chi connectivity index (χ3n) is 3.65. The Morgan fingerprint density at radius 1 is 1.54 bits per heavy atom. The van der Waals surface area contributed by atoms with Crippen molar-refractivity contribution in [3.8, 4) is 0 Å². The summed E-state index contributed by atoms with van der Waals surface area (Å²) >= 11 is 1.62. The highest BCUT2D eigenvalue weighted by Crippen LogP contribution is 2.14. The fourth-order valence-corrected chi connectivity index (χ4v) is 2.88. The van der Waals surface area contributed by atoms with E-state index in [1.165, 1.54) is 6.26 Å². The Morgan fingerprint density at radius 2 is 2.33 bits per heavy atom. The summed E-state index contributed by atoms with van der Waals surface area (Å²) in [6.07, 6.45) is 3.88. The molecular weight excluding hydrogens is 334 g/mol. The van der Waals surface area contributed by atoms with Crippen LogP contribution in [0.4, 0.5) is 4.79 Å². The number of nitrogens with zero attached hydrogens (tertiary/aromatic N) is 1. The molecule has 1 aliphatic rings. The first-order valence-corrected chi connectivity index (χ1v) is 8.98. The number of aliphatic hydroxyl groups excluding tert-OH is 1. The molecule has 8 nitrogen and oxygen atoms in total. The summed E-state index contributed by atoms with van der Waals surface area (Å²) in [6.45, 7) is -0.134. The average molecular weight is 355 g/mol. The molecule has 1 saturated heterocycles. The lowest BCUT2D eigenvalue weighted by Gasteiger charge is -2.17. The molecule has 0 spiro atoms. The molecule has 1 aromatic rings. The van der Waals surface area contributed by atoms with E-state index in [4.69, 9.17) is 4.42 Å². The van der Waals surface area contributed by atoms with Crippen LogP contribution in [0.25, 0.3) is 0 Å². The highest BCUT2D eigenvalue weighted by molar-refractivity contribution is 7.98. The molecule has 0 radical (unpaired) electrons.